The third-order valence-electron chi connectivity index (χ3n) is 7.83. The van der Waals surface area contributed by atoms with E-state index in [2.05, 4.69) is 10.3 Å². The van der Waals surface area contributed by atoms with E-state index < -0.39 is 33.6 Å². The first-order valence-corrected chi connectivity index (χ1v) is 14.8. The zero-order valence-corrected chi connectivity index (χ0v) is 23.1. The number of aromatic nitrogens is 3. The maximum atomic E-state index is 15.0. The second-order valence-electron chi connectivity index (χ2n) is 11.2. The Morgan fingerprint density at radius 1 is 1.38 bits per heavy atom. The lowest BCUT2D eigenvalue weighted by molar-refractivity contribution is -0.127. The molecule has 1 aliphatic heterocycles. The Labute approximate surface area is 219 Å². The van der Waals surface area contributed by atoms with Gasteiger partial charge in [-0.1, -0.05) is 0 Å². The summed E-state index contributed by atoms with van der Waals surface area (Å²) in [5.41, 5.74) is 0.862. The highest BCUT2D eigenvalue weighted by Gasteiger charge is 2.39. The predicted octanol–water partition coefficient (Wildman–Crippen LogP) is 4.34. The summed E-state index contributed by atoms with van der Waals surface area (Å²) < 4.78 is 42.1. The predicted molar refractivity (Wildman–Crippen MR) is 141 cm³/mol. The molecule has 2 unspecified atom stereocenters. The van der Waals surface area contributed by atoms with Gasteiger partial charge >= 0.3 is 0 Å². The third-order valence-corrected chi connectivity index (χ3v) is 9.54. The number of halogens is 1. The van der Waals surface area contributed by atoms with Crippen LogP contribution in [0.15, 0.2) is 12.3 Å². The summed E-state index contributed by atoms with van der Waals surface area (Å²) >= 11 is 0. The molecule has 1 amide bonds. The molecule has 2 aliphatic rings. The van der Waals surface area contributed by atoms with Crippen LogP contribution >= 0.6 is 10.6 Å². The lowest BCUT2D eigenvalue weighted by Gasteiger charge is -2.45. The van der Waals surface area contributed by atoms with Crippen LogP contribution in [0, 0.1) is 11.7 Å². The molecule has 11 heteroatoms. The van der Waals surface area contributed by atoms with Crippen LogP contribution in [0.1, 0.15) is 71.2 Å². The quantitative estimate of drug-likeness (QED) is 0.413. The smallest absolute Gasteiger partial charge is 0.223 e. The first kappa shape index (κ1) is 27.8. The van der Waals surface area contributed by atoms with Crippen molar-refractivity contribution in [2.75, 3.05) is 18.1 Å². The molecule has 2 atom stereocenters. The topological polar surface area (TPSA) is 130 Å². The maximum absolute atomic E-state index is 15.0. The van der Waals surface area contributed by atoms with E-state index in [9.17, 15) is 23.4 Å². The molecule has 1 saturated heterocycles. The number of fused-ring (bicyclic) bond motifs is 1. The average molecular weight is 539 g/mol. The normalized spacial score (nSPS) is 22.6. The second kappa shape index (κ2) is 10.2. The van der Waals surface area contributed by atoms with E-state index in [1.807, 2.05) is 20.8 Å². The van der Waals surface area contributed by atoms with E-state index in [4.69, 9.17) is 9.84 Å². The average Bonchev–Trinajstić information content (AvgIpc) is 3.20. The van der Waals surface area contributed by atoms with Crippen molar-refractivity contribution in [3.8, 4) is 17.1 Å². The fourth-order valence-electron chi connectivity index (χ4n) is 5.05. The lowest BCUT2D eigenvalue weighted by Crippen LogP contribution is -2.52. The fraction of sp³-hybridized carbons (Fsp3) is 0.654. The number of aliphatic hydroxyl groups is 1. The van der Waals surface area contributed by atoms with Crippen LogP contribution < -0.4 is 10.1 Å². The van der Waals surface area contributed by atoms with E-state index in [1.165, 1.54) is 0 Å². The number of nitrogens with zero attached hydrogens (tertiary/aromatic N) is 3. The highest BCUT2D eigenvalue weighted by molar-refractivity contribution is 8.24. The van der Waals surface area contributed by atoms with Crippen molar-refractivity contribution in [2.24, 2.45) is 5.92 Å². The number of carbonyl (C=O) groups is 1. The summed E-state index contributed by atoms with van der Waals surface area (Å²) in [6.45, 7) is 9.44. The zero-order valence-electron chi connectivity index (χ0n) is 22.3. The molecule has 1 fully saturated rings. The van der Waals surface area contributed by atoms with Crippen LogP contribution in [-0.2, 0) is 17.6 Å². The Bertz CT molecular complexity index is 1150. The van der Waals surface area contributed by atoms with Crippen molar-refractivity contribution in [3.05, 3.63) is 29.3 Å². The number of hydrogen-bond donors (Lipinski definition) is 4. The van der Waals surface area contributed by atoms with Crippen molar-refractivity contribution in [1.82, 2.24) is 20.1 Å². The molecule has 37 heavy (non-hydrogen) atoms. The van der Waals surface area contributed by atoms with E-state index in [-0.39, 0.29) is 17.4 Å². The van der Waals surface area contributed by atoms with Crippen LogP contribution in [-0.4, -0.2) is 64.1 Å². The SMILES string of the molecule is CCOc1cc(-c2nn(C(C)C(C)(C)O)c3c2CCC(C(=O)NC2(C)CCS(O)(O)CC2)C3)c(F)cn1. The molecular formula is C26H39FN4O5S. The second-order valence-corrected chi connectivity index (χ2v) is 13.6. The van der Waals surface area contributed by atoms with Crippen molar-refractivity contribution < 1.29 is 28.1 Å². The van der Waals surface area contributed by atoms with Gasteiger partial charge in [-0.25, -0.2) is 9.37 Å². The van der Waals surface area contributed by atoms with Crippen LogP contribution in [0.2, 0.25) is 0 Å². The summed E-state index contributed by atoms with van der Waals surface area (Å²) in [5, 5.41) is 18.7. The molecule has 4 rings (SSSR count). The third kappa shape index (κ3) is 5.94. The number of rotatable bonds is 7. The molecule has 4 N–H and O–H groups in total. The largest absolute Gasteiger partial charge is 0.478 e. The molecule has 3 heterocycles. The summed E-state index contributed by atoms with van der Waals surface area (Å²) in [5.74, 6) is -0.0142. The zero-order chi connectivity index (χ0) is 27.2. The number of carbonyl (C=O) groups excluding carboxylic acids is 1. The monoisotopic (exact) mass is 538 g/mol. The Balaban J connectivity index is 1.65. The maximum Gasteiger partial charge on any atom is 0.223 e. The molecule has 0 bridgehead atoms. The molecule has 206 valence electrons. The van der Waals surface area contributed by atoms with Gasteiger partial charge in [-0.2, -0.15) is 15.7 Å². The number of ether oxygens (including phenoxy) is 1. The summed E-state index contributed by atoms with van der Waals surface area (Å²) in [7, 11) is -2.55. The first-order chi connectivity index (χ1) is 17.2. The Kier molecular flexibility index (Phi) is 7.64. The summed E-state index contributed by atoms with van der Waals surface area (Å²) in [4.78, 5) is 17.4. The minimum Gasteiger partial charge on any atom is -0.478 e. The van der Waals surface area contributed by atoms with Gasteiger partial charge in [-0.3, -0.25) is 18.6 Å². The lowest BCUT2D eigenvalue weighted by atomic mass is 9.83. The summed E-state index contributed by atoms with van der Waals surface area (Å²) in [6, 6.07) is 1.13. The molecule has 2 aromatic rings. The molecule has 0 spiro atoms. The van der Waals surface area contributed by atoms with Gasteiger partial charge in [0.05, 0.1) is 30.1 Å². The van der Waals surface area contributed by atoms with Crippen LogP contribution in [0.5, 0.6) is 5.88 Å². The van der Waals surface area contributed by atoms with Crippen molar-refractivity contribution in [1.29, 1.82) is 0 Å². The first-order valence-electron chi connectivity index (χ1n) is 12.9. The van der Waals surface area contributed by atoms with E-state index in [1.54, 1.807) is 24.6 Å². The van der Waals surface area contributed by atoms with Gasteiger partial charge in [0.2, 0.25) is 11.8 Å². The Hall–Kier alpha value is -2.21. The minimum absolute atomic E-state index is 0.0783. The fourth-order valence-corrected chi connectivity index (χ4v) is 6.81. The molecule has 0 aromatic carbocycles. The minimum atomic E-state index is -2.55. The molecular weight excluding hydrogens is 499 g/mol. The van der Waals surface area contributed by atoms with Gasteiger partial charge in [-0.05, 0) is 60.3 Å². The van der Waals surface area contributed by atoms with Gasteiger partial charge in [0.1, 0.15) is 0 Å². The van der Waals surface area contributed by atoms with Gasteiger partial charge in [0, 0.05) is 52.3 Å². The highest BCUT2D eigenvalue weighted by Crippen LogP contribution is 2.47. The Morgan fingerprint density at radius 2 is 2.05 bits per heavy atom. The summed E-state index contributed by atoms with van der Waals surface area (Å²) in [6.07, 6.45) is 3.67. The van der Waals surface area contributed by atoms with Crippen molar-refractivity contribution >= 4 is 16.5 Å². The molecule has 0 radical (unpaired) electrons. The Morgan fingerprint density at radius 3 is 2.68 bits per heavy atom. The van der Waals surface area contributed by atoms with E-state index in [0.717, 1.165) is 17.5 Å². The molecule has 0 saturated carbocycles. The van der Waals surface area contributed by atoms with Gasteiger partial charge < -0.3 is 15.2 Å². The molecule has 2 aromatic heterocycles. The number of amides is 1. The standard InChI is InChI=1S/C26H39FN4O5S/c1-6-36-22-14-19(20(27)15-28-22)23-18-8-7-17(13-21(18)31(30-23)16(2)25(3,4)33)24(32)29-26(5)9-11-37(34,35)12-10-26/h14-17,33-35H,6-13H2,1-5H3,(H,29,32). The van der Waals surface area contributed by atoms with Crippen molar-refractivity contribution in [2.45, 2.75) is 83.9 Å². The van der Waals surface area contributed by atoms with Gasteiger partial charge in [0.15, 0.2) is 5.82 Å². The number of hydrogen-bond acceptors (Lipinski definition) is 7. The van der Waals surface area contributed by atoms with Crippen molar-refractivity contribution in [3.63, 3.8) is 0 Å². The molecule has 9 nitrogen and oxygen atoms in total. The number of pyridine rings is 1. The van der Waals surface area contributed by atoms with Crippen LogP contribution in [0.3, 0.4) is 0 Å². The van der Waals surface area contributed by atoms with Gasteiger partial charge in [0.25, 0.3) is 0 Å². The van der Waals surface area contributed by atoms with E-state index in [0.29, 0.717) is 61.8 Å². The van der Waals surface area contributed by atoms with Crippen LogP contribution in [0.25, 0.3) is 11.3 Å². The van der Waals surface area contributed by atoms with Crippen LogP contribution in [0.4, 0.5) is 4.39 Å². The highest BCUT2D eigenvalue weighted by atomic mass is 32.3. The van der Waals surface area contributed by atoms with E-state index >= 15 is 0 Å². The van der Waals surface area contributed by atoms with Gasteiger partial charge in [-0.15, -0.1) is 0 Å². The number of nitrogens with one attached hydrogen (secondary N) is 1. The molecule has 1 aliphatic carbocycles.